The highest BCUT2D eigenvalue weighted by Gasteiger charge is 2.11. The first-order chi connectivity index (χ1) is 54.9. The molecule has 0 fully saturated rings. The van der Waals surface area contributed by atoms with Gasteiger partial charge in [0.05, 0.1) is 74.5 Å². The number of furan rings is 2. The van der Waals surface area contributed by atoms with Gasteiger partial charge in [-0.2, -0.15) is 0 Å². The fourth-order valence-corrected chi connectivity index (χ4v) is 12.9. The number of nitrogens with zero attached hydrogens (tertiary/aromatic N) is 8. The van der Waals surface area contributed by atoms with E-state index in [1.165, 1.54) is 70.7 Å². The van der Waals surface area contributed by atoms with Crippen LogP contribution < -0.4 is 0 Å². The second-order valence-electron chi connectivity index (χ2n) is 31.2. The number of imidazole rings is 1. The average Bonchev–Trinajstić information content (AvgIpc) is 1.20. The minimum Gasteiger partial charge on any atom is -0.472 e. The Kier molecular flexibility index (Phi) is 35.1. The molecule has 0 unspecified atom stereocenters. The van der Waals surface area contributed by atoms with Gasteiger partial charge in [-0.15, -0.1) is 11.3 Å². The van der Waals surface area contributed by atoms with Gasteiger partial charge in [-0.1, -0.05) is 296 Å². The van der Waals surface area contributed by atoms with Gasteiger partial charge in [0, 0.05) is 62.5 Å². The van der Waals surface area contributed by atoms with Crippen molar-refractivity contribution >= 4 is 87.7 Å². The zero-order chi connectivity index (χ0) is 82.1. The number of benzene rings is 8. The smallest absolute Gasteiger partial charge is 0.116 e. The third-order valence-corrected chi connectivity index (χ3v) is 20.0. The van der Waals surface area contributed by atoms with E-state index < -0.39 is 0 Å². The molecule has 0 saturated carbocycles. The summed E-state index contributed by atoms with van der Waals surface area (Å²) in [5, 5.41) is 11.1. The van der Waals surface area contributed by atoms with Crippen LogP contribution in [0.2, 0.25) is 0 Å². The van der Waals surface area contributed by atoms with Gasteiger partial charge in [0.15, 0.2) is 0 Å². The van der Waals surface area contributed by atoms with Crippen molar-refractivity contribution in [1.82, 2.24) is 44.9 Å². The number of thiophene rings is 1. The van der Waals surface area contributed by atoms with Crippen molar-refractivity contribution in [3.05, 3.63) is 348 Å². The van der Waals surface area contributed by atoms with Crippen LogP contribution >= 0.6 is 11.3 Å². The Labute approximate surface area is 682 Å². The number of aromatic amines is 1. The summed E-state index contributed by atoms with van der Waals surface area (Å²) < 4.78 is 9.97. The van der Waals surface area contributed by atoms with Gasteiger partial charge in [-0.05, 0) is 171 Å². The summed E-state index contributed by atoms with van der Waals surface area (Å²) in [6.07, 6.45) is 12.5. The molecule has 0 saturated heterocycles. The first-order valence-corrected chi connectivity index (χ1v) is 41.2. The lowest BCUT2D eigenvalue weighted by atomic mass is 9.96. The lowest BCUT2D eigenvalue weighted by molar-refractivity contribution is 0.487. The fraction of sp³-hybridized carbons (Fsp3) is 0.294. The van der Waals surface area contributed by atoms with Crippen LogP contribution in [0.25, 0.3) is 76.3 Å². The Morgan fingerprint density at radius 3 is 1.39 bits per heavy atom. The first kappa shape index (κ1) is 88.2. The second kappa shape index (κ2) is 45.4. The van der Waals surface area contributed by atoms with Gasteiger partial charge < -0.3 is 13.8 Å². The number of para-hydroxylation sites is 7. The molecule has 8 aromatic carbocycles. The van der Waals surface area contributed by atoms with Crippen LogP contribution in [0.4, 0.5) is 0 Å². The summed E-state index contributed by atoms with van der Waals surface area (Å²) >= 11 is 1.83. The molecule has 1 N–H and O–H groups in total. The molecule has 12 heteroatoms. The molecule has 590 valence electrons. The van der Waals surface area contributed by atoms with E-state index in [2.05, 4.69) is 328 Å². The van der Waals surface area contributed by atoms with E-state index >= 15 is 0 Å². The number of rotatable bonds is 10. The molecule has 114 heavy (non-hydrogen) atoms. The van der Waals surface area contributed by atoms with Crippen LogP contribution in [0.1, 0.15) is 254 Å². The van der Waals surface area contributed by atoms with Gasteiger partial charge in [0.25, 0.3) is 0 Å². The molecule has 17 aromatic rings. The molecule has 0 aliphatic carbocycles. The molecule has 0 atom stereocenters. The minimum atomic E-state index is 0.442. The van der Waals surface area contributed by atoms with E-state index in [9.17, 15) is 0 Å². The molecule has 9 heterocycles. The van der Waals surface area contributed by atoms with Crippen LogP contribution in [-0.2, 0) is 0 Å². The van der Waals surface area contributed by atoms with Crippen molar-refractivity contribution < 1.29 is 8.83 Å². The van der Waals surface area contributed by atoms with E-state index in [4.69, 9.17) is 8.83 Å². The van der Waals surface area contributed by atoms with Crippen LogP contribution in [-0.4, -0.2) is 44.9 Å². The summed E-state index contributed by atoms with van der Waals surface area (Å²) in [6.45, 7) is 43.3. The summed E-state index contributed by atoms with van der Waals surface area (Å²) in [7, 11) is 0. The van der Waals surface area contributed by atoms with E-state index in [1.54, 1.807) is 25.1 Å². The normalized spacial score (nSPS) is 10.9. The number of aromatic nitrogens is 9. The van der Waals surface area contributed by atoms with Gasteiger partial charge >= 0.3 is 0 Å². The number of hydrogen-bond acceptors (Lipinski definition) is 11. The molecule has 0 aliphatic rings. The van der Waals surface area contributed by atoms with Gasteiger partial charge in [0.1, 0.15) is 17.9 Å². The van der Waals surface area contributed by atoms with Crippen LogP contribution in [0, 0.1) is 0 Å². The number of H-pyrrole nitrogens is 1. The highest BCUT2D eigenvalue weighted by atomic mass is 32.1. The molecule has 9 aromatic heterocycles. The standard InChI is InChI=1S/C13H14.3C12H13N.2C11H12N2.C10H12N2.2C7H10O.C7H10S/c1-10(2)12-9-5-7-11-6-3-4-8-13(11)12;1-9(2)10-7-8-13-12-6-4-3-5-11(10)12;1-9(2)11-8-7-10-5-3-4-6-12(10)13-11;1-9(2)12-11-6-4-3-5-10(11)7-8-13-12;1-8(2)11-9-5-3-4-6-10(9)12-7-13-11;1-8(2)11-7-12-9-5-3-4-6-10(9)13-11;1-7(2)10-11-8-5-3-4-6-9(8)12-10;1-6(2)7-3-4-8-5-7;2*1-6(2)7-4-3-5-8-7/h3-10H,1-2H3;3*3-9H,1-2H3;2*3-8H,1-2H3;3-7H,1-2H3,(H,11,12);3*3-6H,1-2H3. The predicted molar refractivity (Wildman–Crippen MR) is 487 cm³/mol. The quantitative estimate of drug-likeness (QED) is 0.140. The molecule has 11 nitrogen and oxygen atoms in total. The Bertz CT molecular complexity index is 5000. The maximum Gasteiger partial charge on any atom is 0.116 e. The molecule has 0 amide bonds. The van der Waals surface area contributed by atoms with Crippen molar-refractivity contribution in [3.8, 4) is 0 Å². The average molecular weight is 1540 g/mol. The van der Waals surface area contributed by atoms with Crippen molar-refractivity contribution in [3.63, 3.8) is 0 Å². The highest BCUT2D eigenvalue weighted by molar-refractivity contribution is 7.10. The van der Waals surface area contributed by atoms with E-state index in [1.807, 2.05) is 133 Å². The third-order valence-electron chi connectivity index (χ3n) is 18.8. The van der Waals surface area contributed by atoms with Gasteiger partial charge in [-0.25, -0.2) is 19.9 Å². The number of nitrogens with one attached hydrogen (secondary N) is 1. The fourth-order valence-electron chi connectivity index (χ4n) is 12.2. The van der Waals surface area contributed by atoms with Crippen LogP contribution in [0.3, 0.4) is 0 Å². The van der Waals surface area contributed by atoms with Crippen molar-refractivity contribution in [2.75, 3.05) is 0 Å². The maximum absolute atomic E-state index is 5.09. The summed E-state index contributed by atoms with van der Waals surface area (Å²) in [5.41, 5.74) is 16.0. The van der Waals surface area contributed by atoms with Crippen molar-refractivity contribution in [1.29, 1.82) is 0 Å². The third kappa shape index (κ3) is 26.9. The number of hydrogen-bond donors (Lipinski definition) is 1. The molecule has 0 radical (unpaired) electrons. The number of pyridine rings is 3. The SMILES string of the molecule is CC(C)c1ccc2ccccc2n1.CC(C)c1cccc2ccccc12.CC(C)c1ccco1.CC(C)c1cccs1.CC(C)c1ccnc2ccccc12.CC(C)c1ccoc1.CC(C)c1cnc2ccccc2n1.CC(C)c1nc2ccccc2[nH]1.CC(C)c1nccc2ccccc12.CC(C)c1ncnc2ccccc12. The zero-order valence-corrected chi connectivity index (χ0v) is 71.6. The lowest BCUT2D eigenvalue weighted by Gasteiger charge is -2.08. The largest absolute Gasteiger partial charge is 0.472 e. The summed E-state index contributed by atoms with van der Waals surface area (Å²) in [5.74, 6) is 7.46. The molecule has 0 bridgehead atoms. The van der Waals surface area contributed by atoms with E-state index in [0.717, 1.165) is 61.6 Å². The van der Waals surface area contributed by atoms with E-state index in [-0.39, 0.29) is 0 Å². The minimum absolute atomic E-state index is 0.442. The first-order valence-electron chi connectivity index (χ1n) is 40.3. The monoisotopic (exact) mass is 1530 g/mol. The molecule has 17 rings (SSSR count). The molecule has 0 aliphatic heterocycles. The Morgan fingerprint density at radius 2 is 0.842 bits per heavy atom. The van der Waals surface area contributed by atoms with Crippen LogP contribution in [0.15, 0.2) is 301 Å². The zero-order valence-electron chi connectivity index (χ0n) is 70.8. The summed E-state index contributed by atoms with van der Waals surface area (Å²) in [6, 6.07) is 82.7. The Morgan fingerprint density at radius 1 is 0.307 bits per heavy atom. The maximum atomic E-state index is 5.09. The lowest BCUT2D eigenvalue weighted by Crippen LogP contribution is -1.94. The topological polar surface area (TPSA) is 145 Å². The van der Waals surface area contributed by atoms with Crippen molar-refractivity contribution in [2.24, 2.45) is 0 Å². The summed E-state index contributed by atoms with van der Waals surface area (Å²) in [4.78, 5) is 39.9. The van der Waals surface area contributed by atoms with Crippen LogP contribution in [0.5, 0.6) is 0 Å². The highest BCUT2D eigenvalue weighted by Crippen LogP contribution is 2.28. The Hall–Kier alpha value is -11.3. The van der Waals surface area contributed by atoms with Crippen molar-refractivity contribution in [2.45, 2.75) is 198 Å². The molecular formula is C102H119N9O2S. The second-order valence-corrected chi connectivity index (χ2v) is 32.1. The van der Waals surface area contributed by atoms with Gasteiger partial charge in [0.2, 0.25) is 0 Å². The van der Waals surface area contributed by atoms with Gasteiger partial charge in [-0.3, -0.25) is 19.9 Å². The molecule has 0 spiro atoms. The van der Waals surface area contributed by atoms with E-state index in [0.29, 0.717) is 59.2 Å². The number of fused-ring (bicyclic) bond motifs is 7. The Balaban J connectivity index is 0.000000159. The molecular weight excluding hydrogens is 1420 g/mol. The predicted octanol–water partition coefficient (Wildman–Crippen LogP) is 29.9.